The van der Waals surface area contributed by atoms with Crippen molar-refractivity contribution in [2.75, 3.05) is 20.8 Å². The largest absolute Gasteiger partial charge is 0.496 e. The lowest BCUT2D eigenvalue weighted by Crippen LogP contribution is -2.55. The van der Waals surface area contributed by atoms with Crippen LogP contribution in [0.15, 0.2) is 29.6 Å². The molecule has 0 bridgehead atoms. The number of aliphatic hydroxyl groups excluding tert-OH is 4. The molecule has 1 aromatic carbocycles. The van der Waals surface area contributed by atoms with E-state index in [1.54, 1.807) is 35.8 Å². The van der Waals surface area contributed by atoms with Gasteiger partial charge in [0.1, 0.15) is 42.0 Å². The second kappa shape index (κ2) is 8.80. The zero-order valence-electron chi connectivity index (χ0n) is 16.5. The average Bonchev–Trinajstić information content (AvgIpc) is 3.34. The predicted molar refractivity (Wildman–Crippen MR) is 115 cm³/mol. The van der Waals surface area contributed by atoms with E-state index < -0.39 is 37.1 Å². The van der Waals surface area contributed by atoms with Crippen molar-refractivity contribution in [2.24, 2.45) is 0 Å². The quantitative estimate of drug-likeness (QED) is 0.453. The summed E-state index contributed by atoms with van der Waals surface area (Å²) in [7, 11) is 3.08. The van der Waals surface area contributed by atoms with Crippen molar-refractivity contribution >= 4 is 32.1 Å². The molecule has 4 rings (SSSR count). The van der Waals surface area contributed by atoms with Gasteiger partial charge in [0.15, 0.2) is 0 Å². The van der Waals surface area contributed by atoms with Gasteiger partial charge in [-0.1, -0.05) is 0 Å². The van der Waals surface area contributed by atoms with Gasteiger partial charge in [-0.3, -0.25) is 0 Å². The third kappa shape index (κ3) is 3.82. The van der Waals surface area contributed by atoms with Gasteiger partial charge in [0, 0.05) is 32.3 Å². The van der Waals surface area contributed by atoms with E-state index in [2.05, 4.69) is 17.5 Å². The summed E-state index contributed by atoms with van der Waals surface area (Å²) in [5.74, 6) is 1.06. The smallest absolute Gasteiger partial charge is 0.128 e. The van der Waals surface area contributed by atoms with Gasteiger partial charge in [-0.05, 0) is 29.1 Å². The fraction of sp³-hybridized carbons (Fsp3) is 0.429. The molecule has 162 valence electrons. The van der Waals surface area contributed by atoms with Gasteiger partial charge in [-0.2, -0.15) is 0 Å². The number of benzene rings is 1. The molecule has 4 N–H and O–H groups in total. The van der Waals surface area contributed by atoms with Gasteiger partial charge in [-0.15, -0.1) is 22.7 Å². The fourth-order valence-electron chi connectivity index (χ4n) is 3.80. The SMILES string of the molecule is COc1cc(OC)c(C2OC(CO)[C@@H](O)C(O)[C@H]2O)cc1Cc1cc2sccc2s1. The van der Waals surface area contributed by atoms with Crippen molar-refractivity contribution in [3.63, 3.8) is 0 Å². The summed E-state index contributed by atoms with van der Waals surface area (Å²) in [5.41, 5.74) is 1.39. The molecule has 3 heterocycles. The van der Waals surface area contributed by atoms with Crippen LogP contribution in [-0.2, 0) is 11.2 Å². The molecule has 0 radical (unpaired) electrons. The van der Waals surface area contributed by atoms with E-state index in [9.17, 15) is 20.4 Å². The molecule has 2 aromatic heterocycles. The molecular weight excluding hydrogens is 428 g/mol. The Morgan fingerprint density at radius 2 is 1.73 bits per heavy atom. The number of aliphatic hydroxyl groups is 4. The lowest BCUT2D eigenvalue weighted by molar-refractivity contribution is -0.232. The fourth-order valence-corrected chi connectivity index (χ4v) is 5.96. The Balaban J connectivity index is 1.73. The Hall–Kier alpha value is -1.72. The van der Waals surface area contributed by atoms with E-state index in [1.165, 1.54) is 21.4 Å². The third-order valence-electron chi connectivity index (χ3n) is 5.39. The summed E-state index contributed by atoms with van der Waals surface area (Å²) in [6.07, 6.45) is -5.61. The summed E-state index contributed by atoms with van der Waals surface area (Å²) in [6.45, 7) is -0.487. The molecule has 30 heavy (non-hydrogen) atoms. The Morgan fingerprint density at radius 1 is 0.967 bits per heavy atom. The van der Waals surface area contributed by atoms with Crippen LogP contribution in [0, 0.1) is 0 Å². The topological polar surface area (TPSA) is 109 Å². The lowest BCUT2D eigenvalue weighted by Gasteiger charge is -2.40. The highest BCUT2D eigenvalue weighted by molar-refractivity contribution is 7.26. The van der Waals surface area contributed by atoms with Gasteiger partial charge in [0.2, 0.25) is 0 Å². The third-order valence-corrected chi connectivity index (χ3v) is 7.48. The summed E-state index contributed by atoms with van der Waals surface area (Å²) >= 11 is 3.41. The van der Waals surface area contributed by atoms with Crippen molar-refractivity contribution in [1.82, 2.24) is 0 Å². The molecule has 1 saturated heterocycles. The molecule has 1 aliphatic rings. The number of fused-ring (bicyclic) bond motifs is 1. The van der Waals surface area contributed by atoms with Crippen LogP contribution in [0.2, 0.25) is 0 Å². The first-order chi connectivity index (χ1) is 14.5. The Labute approximate surface area is 181 Å². The van der Waals surface area contributed by atoms with Crippen LogP contribution in [-0.4, -0.2) is 65.7 Å². The lowest BCUT2D eigenvalue weighted by atomic mass is 9.89. The minimum atomic E-state index is -1.46. The molecule has 1 aliphatic heterocycles. The first-order valence-electron chi connectivity index (χ1n) is 9.48. The molecule has 3 aromatic rings. The van der Waals surface area contributed by atoms with Crippen molar-refractivity contribution in [3.8, 4) is 11.5 Å². The second-order valence-corrected chi connectivity index (χ2v) is 9.31. The van der Waals surface area contributed by atoms with E-state index in [0.717, 1.165) is 5.56 Å². The van der Waals surface area contributed by atoms with Crippen LogP contribution < -0.4 is 9.47 Å². The number of hydrogen-bond donors (Lipinski definition) is 4. The van der Waals surface area contributed by atoms with Crippen molar-refractivity contribution < 1.29 is 34.6 Å². The maximum atomic E-state index is 10.6. The van der Waals surface area contributed by atoms with Gasteiger partial charge >= 0.3 is 0 Å². The minimum absolute atomic E-state index is 0.423. The van der Waals surface area contributed by atoms with E-state index in [4.69, 9.17) is 14.2 Å². The van der Waals surface area contributed by atoms with Crippen LogP contribution in [0.5, 0.6) is 11.5 Å². The maximum Gasteiger partial charge on any atom is 0.128 e. The van der Waals surface area contributed by atoms with Gasteiger partial charge in [0.25, 0.3) is 0 Å². The highest BCUT2D eigenvalue weighted by Crippen LogP contribution is 2.41. The van der Waals surface area contributed by atoms with Gasteiger partial charge < -0.3 is 34.6 Å². The number of methoxy groups -OCH3 is 2. The second-order valence-electron chi connectivity index (χ2n) is 7.19. The molecule has 0 spiro atoms. The number of rotatable bonds is 6. The number of thiophene rings is 2. The number of hydrogen-bond acceptors (Lipinski definition) is 9. The van der Waals surface area contributed by atoms with Gasteiger partial charge in [-0.25, -0.2) is 0 Å². The molecule has 9 heteroatoms. The molecule has 0 amide bonds. The van der Waals surface area contributed by atoms with Crippen LogP contribution >= 0.6 is 22.7 Å². The summed E-state index contributed by atoms with van der Waals surface area (Å²) in [6, 6.07) is 7.81. The van der Waals surface area contributed by atoms with E-state index >= 15 is 0 Å². The summed E-state index contributed by atoms with van der Waals surface area (Å²) < 4.78 is 19.3. The van der Waals surface area contributed by atoms with Crippen molar-refractivity contribution in [2.45, 2.75) is 36.9 Å². The molecule has 7 nitrogen and oxygen atoms in total. The average molecular weight is 453 g/mol. The summed E-state index contributed by atoms with van der Waals surface area (Å²) in [5, 5.41) is 42.4. The Kier molecular flexibility index (Phi) is 6.31. The first kappa shape index (κ1) is 21.5. The predicted octanol–water partition coefficient (Wildman–Crippen LogP) is 2.09. The monoisotopic (exact) mass is 452 g/mol. The molecule has 3 unspecified atom stereocenters. The maximum absolute atomic E-state index is 10.6. The van der Waals surface area contributed by atoms with E-state index in [-0.39, 0.29) is 0 Å². The van der Waals surface area contributed by atoms with Crippen molar-refractivity contribution in [3.05, 3.63) is 45.6 Å². The zero-order chi connectivity index (χ0) is 21.4. The van der Waals surface area contributed by atoms with Crippen LogP contribution in [0.4, 0.5) is 0 Å². The standard InChI is InChI=1S/C21H24O7S2/c1-26-13-8-14(27-2)12(21-20(25)19(24)18(23)15(9-22)28-21)6-10(13)5-11-7-17-16(30-11)3-4-29-17/h3-4,6-8,15,18-25H,5,9H2,1-2H3/t15?,18-,19?,20-,21?/m1/s1. The Morgan fingerprint density at radius 3 is 2.40 bits per heavy atom. The van der Waals surface area contributed by atoms with Crippen LogP contribution in [0.25, 0.3) is 9.40 Å². The molecule has 0 aliphatic carbocycles. The molecular formula is C21H24O7S2. The van der Waals surface area contributed by atoms with Crippen LogP contribution in [0.1, 0.15) is 22.1 Å². The minimum Gasteiger partial charge on any atom is -0.496 e. The normalized spacial score (nSPS) is 26.8. The molecule has 1 fully saturated rings. The molecule has 5 atom stereocenters. The number of ether oxygens (including phenoxy) is 3. The van der Waals surface area contributed by atoms with Gasteiger partial charge in [0.05, 0.1) is 20.8 Å². The summed E-state index contributed by atoms with van der Waals surface area (Å²) in [4.78, 5) is 1.17. The first-order valence-corrected chi connectivity index (χ1v) is 11.2. The molecule has 0 saturated carbocycles. The van der Waals surface area contributed by atoms with Crippen molar-refractivity contribution in [1.29, 1.82) is 0 Å². The van der Waals surface area contributed by atoms with E-state index in [1.807, 2.05) is 6.07 Å². The zero-order valence-corrected chi connectivity index (χ0v) is 18.2. The highest BCUT2D eigenvalue weighted by Gasteiger charge is 2.45. The van der Waals surface area contributed by atoms with E-state index in [0.29, 0.717) is 23.5 Å². The Bertz CT molecular complexity index is 984. The highest BCUT2D eigenvalue weighted by atomic mass is 32.1. The van der Waals surface area contributed by atoms with Crippen LogP contribution in [0.3, 0.4) is 0 Å².